The molecule has 0 aliphatic heterocycles. The van der Waals surface area contributed by atoms with Gasteiger partial charge in [-0.25, -0.2) is 4.39 Å². The highest BCUT2D eigenvalue weighted by molar-refractivity contribution is 5.49. The van der Waals surface area contributed by atoms with Gasteiger partial charge in [0.15, 0.2) is 0 Å². The molecule has 1 fully saturated rings. The Kier molecular flexibility index (Phi) is 3.86. The highest BCUT2D eigenvalue weighted by Gasteiger charge is 2.25. The van der Waals surface area contributed by atoms with Crippen molar-refractivity contribution in [1.82, 2.24) is 0 Å². The van der Waals surface area contributed by atoms with Crippen molar-refractivity contribution in [3.63, 3.8) is 0 Å². The monoisotopic (exact) mass is 246 g/mol. The lowest BCUT2D eigenvalue weighted by atomic mass is 9.80. The van der Waals surface area contributed by atoms with Crippen molar-refractivity contribution in [3.05, 3.63) is 29.6 Å². The second kappa shape index (κ2) is 5.39. The van der Waals surface area contributed by atoms with Gasteiger partial charge in [0.2, 0.25) is 0 Å². The topological polar surface area (TPSA) is 35.8 Å². The minimum Gasteiger partial charge on any atom is -0.380 e. The summed E-state index contributed by atoms with van der Waals surface area (Å²) in [7, 11) is 0. The predicted molar refractivity (Wildman–Crippen MR) is 70.7 cm³/mol. The van der Waals surface area contributed by atoms with Crippen LogP contribution in [0.3, 0.4) is 0 Å². The quantitative estimate of drug-likeness (QED) is 0.858. The first-order valence-electron chi connectivity index (χ1n) is 6.56. The summed E-state index contributed by atoms with van der Waals surface area (Å²) in [5.74, 6) is 0.993. The lowest BCUT2D eigenvalue weighted by Crippen LogP contribution is -2.33. The van der Waals surface area contributed by atoms with E-state index < -0.39 is 0 Å². The zero-order chi connectivity index (χ0) is 13.1. The predicted octanol–water partition coefficient (Wildman–Crippen LogP) is 3.93. The van der Waals surface area contributed by atoms with Crippen LogP contribution in [-0.4, -0.2) is 6.04 Å². The number of benzene rings is 1. The maximum atomic E-state index is 13.8. The maximum absolute atomic E-state index is 13.8. The number of halogens is 1. The van der Waals surface area contributed by atoms with Crippen LogP contribution in [0.25, 0.3) is 0 Å². The third kappa shape index (κ3) is 2.81. The fourth-order valence-corrected chi connectivity index (χ4v) is 2.78. The van der Waals surface area contributed by atoms with E-state index in [-0.39, 0.29) is 5.82 Å². The van der Waals surface area contributed by atoms with E-state index in [0.717, 1.165) is 12.3 Å². The lowest BCUT2D eigenvalue weighted by molar-refractivity contribution is 0.276. The molecule has 3 heteroatoms. The molecule has 0 bridgehead atoms. The second-order valence-corrected chi connectivity index (χ2v) is 5.45. The van der Waals surface area contributed by atoms with Crippen LogP contribution in [0.15, 0.2) is 18.2 Å². The van der Waals surface area contributed by atoms with Gasteiger partial charge in [-0.1, -0.05) is 13.8 Å². The molecule has 1 aliphatic carbocycles. The standard InChI is InChI=1S/C15H19FN2/c1-10-3-5-14(11(2)7-10)18-15-6-4-12(9-17)8-13(15)16/h4,6,8,10-11,14,18H,3,5,7H2,1-2H3. The highest BCUT2D eigenvalue weighted by Crippen LogP contribution is 2.31. The van der Waals surface area contributed by atoms with E-state index in [0.29, 0.717) is 23.2 Å². The Bertz CT molecular complexity index is 464. The van der Waals surface area contributed by atoms with Crippen molar-refractivity contribution in [1.29, 1.82) is 5.26 Å². The first-order valence-corrected chi connectivity index (χ1v) is 6.56. The lowest BCUT2D eigenvalue weighted by Gasteiger charge is -2.33. The molecule has 0 saturated heterocycles. The summed E-state index contributed by atoms with van der Waals surface area (Å²) in [6.07, 6.45) is 3.47. The van der Waals surface area contributed by atoms with Gasteiger partial charge in [-0.3, -0.25) is 0 Å². The Morgan fingerprint density at radius 1 is 1.33 bits per heavy atom. The summed E-state index contributed by atoms with van der Waals surface area (Å²) in [5, 5.41) is 12.0. The number of hydrogen-bond donors (Lipinski definition) is 1. The van der Waals surface area contributed by atoms with Crippen LogP contribution >= 0.6 is 0 Å². The third-order valence-corrected chi connectivity index (χ3v) is 3.87. The summed E-state index contributed by atoms with van der Waals surface area (Å²) >= 11 is 0. The van der Waals surface area contributed by atoms with E-state index in [4.69, 9.17) is 5.26 Å². The van der Waals surface area contributed by atoms with E-state index in [2.05, 4.69) is 19.2 Å². The van der Waals surface area contributed by atoms with Crippen LogP contribution in [0.4, 0.5) is 10.1 Å². The molecular formula is C15H19FN2. The van der Waals surface area contributed by atoms with Crippen LogP contribution in [0.1, 0.15) is 38.7 Å². The minimum atomic E-state index is -0.333. The van der Waals surface area contributed by atoms with Crippen LogP contribution < -0.4 is 5.32 Å². The van der Waals surface area contributed by atoms with Gasteiger partial charge in [0.25, 0.3) is 0 Å². The van der Waals surface area contributed by atoms with Crippen LogP contribution in [-0.2, 0) is 0 Å². The van der Waals surface area contributed by atoms with E-state index in [1.54, 1.807) is 12.1 Å². The molecule has 0 spiro atoms. The van der Waals surface area contributed by atoms with Gasteiger partial charge >= 0.3 is 0 Å². The molecule has 18 heavy (non-hydrogen) atoms. The summed E-state index contributed by atoms with van der Waals surface area (Å²) in [6.45, 7) is 4.49. The van der Waals surface area contributed by atoms with E-state index in [9.17, 15) is 4.39 Å². The smallest absolute Gasteiger partial charge is 0.147 e. The normalized spacial score (nSPS) is 27.6. The van der Waals surface area contributed by atoms with Crippen molar-refractivity contribution in [2.75, 3.05) is 5.32 Å². The first-order chi connectivity index (χ1) is 8.60. The van der Waals surface area contributed by atoms with Crippen molar-refractivity contribution in [3.8, 4) is 6.07 Å². The van der Waals surface area contributed by atoms with Crippen molar-refractivity contribution >= 4 is 5.69 Å². The van der Waals surface area contributed by atoms with Gasteiger partial charge in [-0.05, 0) is 49.3 Å². The molecule has 1 aromatic rings. The molecule has 2 rings (SSSR count). The van der Waals surface area contributed by atoms with Gasteiger partial charge in [-0.15, -0.1) is 0 Å². The average Bonchev–Trinajstić information content (AvgIpc) is 2.34. The van der Waals surface area contributed by atoms with Crippen molar-refractivity contribution < 1.29 is 4.39 Å². The molecule has 0 amide bonds. The molecule has 3 unspecified atom stereocenters. The van der Waals surface area contributed by atoms with Crippen molar-refractivity contribution in [2.24, 2.45) is 11.8 Å². The number of rotatable bonds is 2. The summed E-state index contributed by atoms with van der Waals surface area (Å²) in [6, 6.07) is 6.89. The molecule has 1 aliphatic rings. The minimum absolute atomic E-state index is 0.333. The molecule has 1 N–H and O–H groups in total. The second-order valence-electron chi connectivity index (χ2n) is 5.45. The van der Waals surface area contributed by atoms with Crippen LogP contribution in [0.2, 0.25) is 0 Å². The Morgan fingerprint density at radius 2 is 2.11 bits per heavy atom. The fraction of sp³-hybridized carbons (Fsp3) is 0.533. The van der Waals surface area contributed by atoms with Crippen LogP contribution in [0.5, 0.6) is 0 Å². The summed E-state index contributed by atoms with van der Waals surface area (Å²) in [5.41, 5.74) is 0.878. The Balaban J connectivity index is 2.08. The number of nitrogens with one attached hydrogen (secondary N) is 1. The van der Waals surface area contributed by atoms with Gasteiger partial charge in [0.1, 0.15) is 5.82 Å². The zero-order valence-electron chi connectivity index (χ0n) is 10.9. The zero-order valence-corrected chi connectivity index (χ0v) is 10.9. The highest BCUT2D eigenvalue weighted by atomic mass is 19.1. The van der Waals surface area contributed by atoms with Gasteiger partial charge < -0.3 is 5.32 Å². The van der Waals surface area contributed by atoms with E-state index >= 15 is 0 Å². The number of nitrogens with zero attached hydrogens (tertiary/aromatic N) is 1. The maximum Gasteiger partial charge on any atom is 0.147 e. The molecule has 0 aromatic heterocycles. The first kappa shape index (κ1) is 12.9. The molecule has 0 heterocycles. The molecule has 0 radical (unpaired) electrons. The molecule has 96 valence electrons. The number of hydrogen-bond acceptors (Lipinski definition) is 2. The SMILES string of the molecule is CC1CCC(Nc2ccc(C#N)cc2F)C(C)C1. The molecule has 1 aromatic carbocycles. The van der Waals surface area contributed by atoms with Gasteiger partial charge in [0, 0.05) is 6.04 Å². The van der Waals surface area contributed by atoms with Crippen LogP contribution in [0, 0.1) is 29.0 Å². The molecule has 2 nitrogen and oxygen atoms in total. The summed E-state index contributed by atoms with van der Waals surface area (Å²) in [4.78, 5) is 0. The molecule has 1 saturated carbocycles. The number of anilines is 1. The Labute approximate surface area is 108 Å². The van der Waals surface area contributed by atoms with Crippen molar-refractivity contribution in [2.45, 2.75) is 39.2 Å². The van der Waals surface area contributed by atoms with E-state index in [1.807, 2.05) is 6.07 Å². The Hall–Kier alpha value is -1.56. The molecular weight excluding hydrogens is 227 g/mol. The van der Waals surface area contributed by atoms with E-state index in [1.165, 1.54) is 18.9 Å². The average molecular weight is 246 g/mol. The number of nitriles is 1. The summed E-state index contributed by atoms with van der Waals surface area (Å²) < 4.78 is 13.8. The molecule has 3 atom stereocenters. The largest absolute Gasteiger partial charge is 0.380 e. The Morgan fingerprint density at radius 3 is 2.72 bits per heavy atom. The van der Waals surface area contributed by atoms with Gasteiger partial charge in [-0.2, -0.15) is 5.26 Å². The fourth-order valence-electron chi connectivity index (χ4n) is 2.78. The third-order valence-electron chi connectivity index (χ3n) is 3.87. The van der Waals surface area contributed by atoms with Gasteiger partial charge in [0.05, 0.1) is 17.3 Å².